The Balaban J connectivity index is 3.25. The van der Waals surface area contributed by atoms with Crippen molar-refractivity contribution in [3.63, 3.8) is 0 Å². The third-order valence-electron chi connectivity index (χ3n) is 1.85. The first-order chi connectivity index (χ1) is 8.01. The van der Waals surface area contributed by atoms with Crippen molar-refractivity contribution < 1.29 is 27.4 Å². The third kappa shape index (κ3) is 2.86. The molecule has 0 bridgehead atoms. The first kappa shape index (κ1) is 13.3. The second-order valence-electron chi connectivity index (χ2n) is 2.93. The van der Waals surface area contributed by atoms with Crippen molar-refractivity contribution in [3.05, 3.63) is 23.1 Å². The van der Waals surface area contributed by atoms with Crippen LogP contribution in [0.1, 0.15) is 29.4 Å². The SMILES string of the molecule is CCOC(=O)c1c(F)cc(C(F)F)nc1OC. The number of hydrogen-bond acceptors (Lipinski definition) is 4. The number of pyridine rings is 1. The molecule has 0 saturated carbocycles. The average Bonchev–Trinajstić information content (AvgIpc) is 2.27. The predicted molar refractivity (Wildman–Crippen MR) is 51.7 cm³/mol. The van der Waals surface area contributed by atoms with E-state index in [0.29, 0.717) is 6.07 Å². The maximum atomic E-state index is 13.5. The molecule has 0 amide bonds. The fourth-order valence-electron chi connectivity index (χ4n) is 1.16. The highest BCUT2D eigenvalue weighted by molar-refractivity contribution is 5.92. The molecule has 1 aromatic heterocycles. The molecular weight excluding hydrogens is 239 g/mol. The van der Waals surface area contributed by atoms with Crippen LogP contribution in [-0.4, -0.2) is 24.7 Å². The second-order valence-corrected chi connectivity index (χ2v) is 2.93. The molecule has 0 atom stereocenters. The van der Waals surface area contributed by atoms with E-state index in [0.717, 1.165) is 7.11 Å². The molecule has 0 spiro atoms. The monoisotopic (exact) mass is 249 g/mol. The van der Waals surface area contributed by atoms with Gasteiger partial charge < -0.3 is 9.47 Å². The van der Waals surface area contributed by atoms with Crippen LogP contribution in [-0.2, 0) is 4.74 Å². The Morgan fingerprint density at radius 3 is 2.65 bits per heavy atom. The van der Waals surface area contributed by atoms with E-state index in [9.17, 15) is 18.0 Å². The molecule has 0 radical (unpaired) electrons. The van der Waals surface area contributed by atoms with Gasteiger partial charge in [-0.05, 0) is 6.92 Å². The zero-order valence-corrected chi connectivity index (χ0v) is 9.17. The molecule has 0 fully saturated rings. The Bertz CT molecular complexity index is 424. The zero-order chi connectivity index (χ0) is 13.0. The minimum atomic E-state index is -2.95. The molecule has 1 rings (SSSR count). The summed E-state index contributed by atoms with van der Waals surface area (Å²) in [4.78, 5) is 14.7. The number of hydrogen-bond donors (Lipinski definition) is 0. The normalized spacial score (nSPS) is 10.5. The Labute approximate surface area is 95.4 Å². The van der Waals surface area contributed by atoms with E-state index < -0.39 is 35.3 Å². The van der Waals surface area contributed by atoms with Crippen molar-refractivity contribution in [3.8, 4) is 5.88 Å². The van der Waals surface area contributed by atoms with Crippen molar-refractivity contribution >= 4 is 5.97 Å². The summed E-state index contributed by atoms with van der Waals surface area (Å²) in [6, 6.07) is 0.486. The summed E-state index contributed by atoms with van der Waals surface area (Å²) in [6.07, 6.45) is -2.95. The van der Waals surface area contributed by atoms with E-state index in [-0.39, 0.29) is 6.61 Å². The van der Waals surface area contributed by atoms with Crippen molar-refractivity contribution in [1.82, 2.24) is 4.98 Å². The first-order valence-corrected chi connectivity index (χ1v) is 4.71. The Morgan fingerprint density at radius 1 is 1.53 bits per heavy atom. The van der Waals surface area contributed by atoms with Gasteiger partial charge in [0, 0.05) is 6.07 Å². The molecule has 0 unspecified atom stereocenters. The van der Waals surface area contributed by atoms with E-state index >= 15 is 0 Å². The molecule has 0 aliphatic carbocycles. The van der Waals surface area contributed by atoms with Crippen LogP contribution in [0.5, 0.6) is 5.88 Å². The van der Waals surface area contributed by atoms with Crippen LogP contribution in [0, 0.1) is 5.82 Å². The van der Waals surface area contributed by atoms with Crippen LogP contribution in [0.3, 0.4) is 0 Å². The van der Waals surface area contributed by atoms with Crippen LogP contribution in [0.15, 0.2) is 6.07 Å². The zero-order valence-electron chi connectivity index (χ0n) is 9.17. The van der Waals surface area contributed by atoms with Gasteiger partial charge in [0.15, 0.2) is 5.56 Å². The summed E-state index contributed by atoms with van der Waals surface area (Å²) in [7, 11) is 1.10. The minimum absolute atomic E-state index is 0.0258. The van der Waals surface area contributed by atoms with Crippen molar-refractivity contribution in [1.29, 1.82) is 0 Å². The van der Waals surface area contributed by atoms with Crippen molar-refractivity contribution in [2.75, 3.05) is 13.7 Å². The first-order valence-electron chi connectivity index (χ1n) is 4.71. The van der Waals surface area contributed by atoms with Crippen molar-refractivity contribution in [2.24, 2.45) is 0 Å². The fourth-order valence-corrected chi connectivity index (χ4v) is 1.16. The number of carbonyl (C=O) groups is 1. The summed E-state index contributed by atoms with van der Waals surface area (Å²) < 4.78 is 47.3. The lowest BCUT2D eigenvalue weighted by molar-refractivity contribution is 0.0515. The molecule has 1 heterocycles. The Hall–Kier alpha value is -1.79. The van der Waals surface area contributed by atoms with E-state index in [4.69, 9.17) is 0 Å². The van der Waals surface area contributed by atoms with Gasteiger partial charge in [0.05, 0.1) is 13.7 Å². The quantitative estimate of drug-likeness (QED) is 0.768. The maximum absolute atomic E-state index is 13.5. The molecular formula is C10H10F3NO3. The molecule has 1 aromatic rings. The predicted octanol–water partition coefficient (Wildman–Crippen LogP) is 2.34. The Morgan fingerprint density at radius 2 is 2.18 bits per heavy atom. The highest BCUT2D eigenvalue weighted by Crippen LogP contribution is 2.26. The number of methoxy groups -OCH3 is 1. The summed E-state index contributed by atoms with van der Waals surface area (Å²) >= 11 is 0. The van der Waals surface area contributed by atoms with Gasteiger partial charge in [-0.15, -0.1) is 0 Å². The van der Waals surface area contributed by atoms with Crippen LogP contribution in [0.4, 0.5) is 13.2 Å². The largest absolute Gasteiger partial charge is 0.480 e. The average molecular weight is 249 g/mol. The molecule has 7 heteroatoms. The Kier molecular flexibility index (Phi) is 4.30. The third-order valence-corrected chi connectivity index (χ3v) is 1.85. The highest BCUT2D eigenvalue weighted by atomic mass is 19.3. The smallest absolute Gasteiger partial charge is 0.346 e. The summed E-state index contributed by atoms with van der Waals surface area (Å²) in [5.41, 5.74) is -1.38. The molecule has 0 aliphatic heterocycles. The maximum Gasteiger partial charge on any atom is 0.346 e. The number of halogens is 3. The highest BCUT2D eigenvalue weighted by Gasteiger charge is 2.24. The second kappa shape index (κ2) is 5.51. The van der Waals surface area contributed by atoms with Gasteiger partial charge in [0.1, 0.15) is 11.5 Å². The van der Waals surface area contributed by atoms with E-state index in [1.165, 1.54) is 6.92 Å². The molecule has 0 N–H and O–H groups in total. The molecule has 17 heavy (non-hydrogen) atoms. The van der Waals surface area contributed by atoms with Gasteiger partial charge in [-0.25, -0.2) is 22.9 Å². The van der Waals surface area contributed by atoms with E-state index in [1.807, 2.05) is 0 Å². The number of alkyl halides is 2. The van der Waals surface area contributed by atoms with Gasteiger partial charge in [-0.3, -0.25) is 0 Å². The van der Waals surface area contributed by atoms with Gasteiger partial charge >= 0.3 is 5.97 Å². The standard InChI is InChI=1S/C10H10F3NO3/c1-3-17-10(15)7-5(11)4-6(8(12)13)14-9(7)16-2/h4,8H,3H2,1-2H3. The van der Waals surface area contributed by atoms with Gasteiger partial charge in [0.2, 0.25) is 5.88 Å². The number of esters is 1. The summed E-state index contributed by atoms with van der Waals surface area (Å²) in [6.45, 7) is 1.56. The molecule has 94 valence electrons. The lowest BCUT2D eigenvalue weighted by Gasteiger charge is -2.09. The van der Waals surface area contributed by atoms with Crippen LogP contribution >= 0.6 is 0 Å². The van der Waals surface area contributed by atoms with Crippen LogP contribution < -0.4 is 4.74 Å². The minimum Gasteiger partial charge on any atom is -0.480 e. The number of rotatable bonds is 4. The van der Waals surface area contributed by atoms with E-state index in [2.05, 4.69) is 14.5 Å². The number of ether oxygens (including phenoxy) is 2. The van der Waals surface area contributed by atoms with Crippen LogP contribution in [0.25, 0.3) is 0 Å². The molecule has 0 aromatic carbocycles. The molecule has 4 nitrogen and oxygen atoms in total. The van der Waals surface area contributed by atoms with Gasteiger partial charge in [0.25, 0.3) is 6.43 Å². The van der Waals surface area contributed by atoms with E-state index in [1.54, 1.807) is 0 Å². The van der Waals surface area contributed by atoms with Gasteiger partial charge in [-0.1, -0.05) is 0 Å². The molecule has 0 saturated heterocycles. The molecule has 0 aliphatic rings. The fraction of sp³-hybridized carbons (Fsp3) is 0.400. The van der Waals surface area contributed by atoms with Crippen molar-refractivity contribution in [2.45, 2.75) is 13.3 Å². The summed E-state index contributed by atoms with van der Waals surface area (Å²) in [5, 5.41) is 0. The van der Waals surface area contributed by atoms with Crippen LogP contribution in [0.2, 0.25) is 0 Å². The lowest BCUT2D eigenvalue weighted by atomic mass is 10.2. The number of carbonyl (C=O) groups excluding carboxylic acids is 1. The number of aromatic nitrogens is 1. The lowest BCUT2D eigenvalue weighted by Crippen LogP contribution is -2.12. The number of nitrogens with zero attached hydrogens (tertiary/aromatic N) is 1. The topological polar surface area (TPSA) is 48.4 Å². The summed E-state index contributed by atoms with van der Waals surface area (Å²) in [5.74, 6) is -2.67. The van der Waals surface area contributed by atoms with Gasteiger partial charge in [-0.2, -0.15) is 0 Å².